The fourth-order valence-electron chi connectivity index (χ4n) is 2.60. The Hall–Kier alpha value is -2.60. The lowest BCUT2D eigenvalue weighted by Crippen LogP contribution is -2.36. The molecule has 0 unspecified atom stereocenters. The molecule has 1 aliphatic heterocycles. The first-order chi connectivity index (χ1) is 12.1. The van der Waals surface area contributed by atoms with Gasteiger partial charge in [0.15, 0.2) is 6.61 Å². The molecule has 0 aliphatic carbocycles. The lowest BCUT2D eigenvalue weighted by molar-refractivity contribution is -0.118. The van der Waals surface area contributed by atoms with E-state index in [0.29, 0.717) is 11.6 Å². The molecule has 2 aromatic rings. The molecule has 0 spiro atoms. The van der Waals surface area contributed by atoms with Gasteiger partial charge in [0, 0.05) is 13.1 Å². The Morgan fingerprint density at radius 2 is 2.00 bits per heavy atom. The van der Waals surface area contributed by atoms with E-state index in [-0.39, 0.29) is 12.5 Å². The van der Waals surface area contributed by atoms with Crippen molar-refractivity contribution in [2.24, 2.45) is 0 Å². The van der Waals surface area contributed by atoms with Gasteiger partial charge in [-0.1, -0.05) is 6.07 Å². The van der Waals surface area contributed by atoms with Gasteiger partial charge in [0.25, 0.3) is 5.91 Å². The molecule has 0 radical (unpaired) electrons. The normalized spacial score (nSPS) is 14.2. The predicted molar refractivity (Wildman–Crippen MR) is 97.3 cm³/mol. The van der Waals surface area contributed by atoms with Crippen LogP contribution in [0.25, 0.3) is 0 Å². The molecule has 6 heteroatoms. The minimum Gasteiger partial charge on any atom is -0.484 e. The lowest BCUT2D eigenvalue weighted by Gasteiger charge is -2.28. The number of rotatable bonds is 5. The maximum Gasteiger partial charge on any atom is 0.263 e. The van der Waals surface area contributed by atoms with Crippen molar-refractivity contribution in [2.75, 3.05) is 43.1 Å². The highest BCUT2D eigenvalue weighted by atomic mass is 16.5. The Balaban J connectivity index is 1.51. The average Bonchev–Trinajstić information content (AvgIpc) is 2.64. The van der Waals surface area contributed by atoms with Gasteiger partial charge >= 0.3 is 0 Å². The summed E-state index contributed by atoms with van der Waals surface area (Å²) < 4.78 is 10.9. The Morgan fingerprint density at radius 3 is 2.68 bits per heavy atom. The summed E-state index contributed by atoms with van der Waals surface area (Å²) >= 11 is 0. The van der Waals surface area contributed by atoms with E-state index in [9.17, 15) is 4.79 Å². The van der Waals surface area contributed by atoms with Crippen molar-refractivity contribution >= 4 is 17.4 Å². The van der Waals surface area contributed by atoms with Gasteiger partial charge in [0.1, 0.15) is 11.6 Å². The smallest absolute Gasteiger partial charge is 0.263 e. The van der Waals surface area contributed by atoms with Gasteiger partial charge in [-0.2, -0.15) is 0 Å². The van der Waals surface area contributed by atoms with Crippen molar-refractivity contribution in [1.29, 1.82) is 0 Å². The van der Waals surface area contributed by atoms with Crippen molar-refractivity contribution < 1.29 is 14.3 Å². The molecule has 1 saturated heterocycles. The summed E-state index contributed by atoms with van der Waals surface area (Å²) in [7, 11) is 0. The maximum atomic E-state index is 12.0. The van der Waals surface area contributed by atoms with Crippen LogP contribution in [0.15, 0.2) is 36.5 Å². The second-order valence-corrected chi connectivity index (χ2v) is 6.08. The number of anilines is 2. The number of aryl methyl sites for hydroxylation is 2. The number of aromatic nitrogens is 1. The number of carbonyl (C=O) groups excluding carboxylic acids is 1. The summed E-state index contributed by atoms with van der Waals surface area (Å²) in [6, 6.07) is 9.54. The molecule has 132 valence electrons. The quantitative estimate of drug-likeness (QED) is 0.905. The van der Waals surface area contributed by atoms with Crippen LogP contribution in [0.4, 0.5) is 11.5 Å². The van der Waals surface area contributed by atoms with E-state index in [4.69, 9.17) is 9.47 Å². The third kappa shape index (κ3) is 4.70. The van der Waals surface area contributed by atoms with Crippen molar-refractivity contribution in [1.82, 2.24) is 4.98 Å². The van der Waals surface area contributed by atoms with Gasteiger partial charge in [-0.3, -0.25) is 4.79 Å². The predicted octanol–water partition coefficient (Wildman–Crippen LogP) is 2.55. The molecule has 0 saturated carbocycles. The van der Waals surface area contributed by atoms with Crippen LogP contribution in [0.5, 0.6) is 5.75 Å². The number of morpholine rings is 1. The number of hydrogen-bond donors (Lipinski definition) is 1. The number of benzene rings is 1. The van der Waals surface area contributed by atoms with E-state index in [1.165, 1.54) is 5.56 Å². The van der Waals surface area contributed by atoms with Crippen molar-refractivity contribution in [3.63, 3.8) is 0 Å². The second-order valence-electron chi connectivity index (χ2n) is 6.08. The minimum atomic E-state index is -0.232. The van der Waals surface area contributed by atoms with Crippen LogP contribution in [-0.2, 0) is 9.53 Å². The zero-order valence-corrected chi connectivity index (χ0v) is 14.6. The van der Waals surface area contributed by atoms with E-state index in [1.807, 2.05) is 38.1 Å². The first-order valence-electron chi connectivity index (χ1n) is 8.40. The fraction of sp³-hybridized carbons (Fsp3) is 0.368. The molecule has 1 aromatic carbocycles. The zero-order chi connectivity index (χ0) is 17.6. The van der Waals surface area contributed by atoms with Crippen LogP contribution in [0, 0.1) is 13.8 Å². The largest absolute Gasteiger partial charge is 0.484 e. The highest BCUT2D eigenvalue weighted by Gasteiger charge is 2.12. The maximum absolute atomic E-state index is 12.0. The van der Waals surface area contributed by atoms with Crippen LogP contribution in [-0.4, -0.2) is 43.8 Å². The number of hydrogen-bond acceptors (Lipinski definition) is 5. The second kappa shape index (κ2) is 7.98. The van der Waals surface area contributed by atoms with Gasteiger partial charge in [-0.15, -0.1) is 0 Å². The summed E-state index contributed by atoms with van der Waals surface area (Å²) in [5, 5.41) is 2.75. The molecule has 6 nitrogen and oxygen atoms in total. The standard InChI is InChI=1S/C19H23N3O3/c1-14-3-5-17(11-15(14)2)25-13-19(23)21-18-6-4-16(12-20-18)22-7-9-24-10-8-22/h3-6,11-12H,7-10,13H2,1-2H3,(H,20,21,23). The number of nitrogens with one attached hydrogen (secondary N) is 1. The van der Waals surface area contributed by atoms with Crippen LogP contribution >= 0.6 is 0 Å². The topological polar surface area (TPSA) is 63.7 Å². The minimum absolute atomic E-state index is 0.0462. The van der Waals surface area contributed by atoms with E-state index in [1.54, 1.807) is 12.3 Å². The Kier molecular flexibility index (Phi) is 5.50. The molecule has 1 aliphatic rings. The van der Waals surface area contributed by atoms with Crippen LogP contribution < -0.4 is 15.0 Å². The number of nitrogens with zero attached hydrogens (tertiary/aromatic N) is 2. The summed E-state index contributed by atoms with van der Waals surface area (Å²) in [5.74, 6) is 0.976. The van der Waals surface area contributed by atoms with Crippen molar-refractivity contribution in [2.45, 2.75) is 13.8 Å². The molecule has 1 N–H and O–H groups in total. The molecule has 3 rings (SSSR count). The average molecular weight is 341 g/mol. The Bertz CT molecular complexity index is 725. The summed E-state index contributed by atoms with van der Waals surface area (Å²) in [6.07, 6.45) is 1.77. The first-order valence-corrected chi connectivity index (χ1v) is 8.40. The molecular weight excluding hydrogens is 318 g/mol. The molecular formula is C19H23N3O3. The Morgan fingerprint density at radius 1 is 1.20 bits per heavy atom. The SMILES string of the molecule is Cc1ccc(OCC(=O)Nc2ccc(N3CCOCC3)cn2)cc1C. The number of pyridine rings is 1. The number of ether oxygens (including phenoxy) is 2. The summed E-state index contributed by atoms with van der Waals surface area (Å²) in [5.41, 5.74) is 3.37. The molecule has 0 atom stereocenters. The van der Waals surface area contributed by atoms with E-state index in [0.717, 1.165) is 37.6 Å². The van der Waals surface area contributed by atoms with Crippen LogP contribution in [0.1, 0.15) is 11.1 Å². The molecule has 0 bridgehead atoms. The third-order valence-electron chi connectivity index (χ3n) is 4.24. The lowest BCUT2D eigenvalue weighted by atomic mass is 10.1. The van der Waals surface area contributed by atoms with Gasteiger partial charge in [0.2, 0.25) is 0 Å². The van der Waals surface area contributed by atoms with Crippen LogP contribution in [0.3, 0.4) is 0 Å². The number of carbonyl (C=O) groups is 1. The fourth-order valence-corrected chi connectivity index (χ4v) is 2.60. The summed E-state index contributed by atoms with van der Waals surface area (Å²) in [6.45, 7) is 7.19. The monoisotopic (exact) mass is 341 g/mol. The zero-order valence-electron chi connectivity index (χ0n) is 14.6. The summed E-state index contributed by atoms with van der Waals surface area (Å²) in [4.78, 5) is 18.5. The highest BCUT2D eigenvalue weighted by Crippen LogP contribution is 2.18. The highest BCUT2D eigenvalue weighted by molar-refractivity contribution is 5.91. The van der Waals surface area contributed by atoms with Crippen molar-refractivity contribution in [3.8, 4) is 5.75 Å². The van der Waals surface area contributed by atoms with E-state index >= 15 is 0 Å². The van der Waals surface area contributed by atoms with Gasteiger partial charge in [-0.25, -0.2) is 4.98 Å². The molecule has 2 heterocycles. The molecule has 1 amide bonds. The molecule has 1 fully saturated rings. The van der Waals surface area contributed by atoms with Gasteiger partial charge < -0.3 is 19.7 Å². The first kappa shape index (κ1) is 17.2. The van der Waals surface area contributed by atoms with Gasteiger partial charge in [0.05, 0.1) is 25.1 Å². The third-order valence-corrected chi connectivity index (χ3v) is 4.24. The van der Waals surface area contributed by atoms with E-state index < -0.39 is 0 Å². The van der Waals surface area contributed by atoms with Gasteiger partial charge in [-0.05, 0) is 49.2 Å². The number of amides is 1. The van der Waals surface area contributed by atoms with E-state index in [2.05, 4.69) is 15.2 Å². The van der Waals surface area contributed by atoms with Crippen LogP contribution in [0.2, 0.25) is 0 Å². The van der Waals surface area contributed by atoms with Crippen molar-refractivity contribution in [3.05, 3.63) is 47.7 Å². The molecule has 1 aromatic heterocycles. The Labute approximate surface area is 147 Å². The molecule has 25 heavy (non-hydrogen) atoms.